The number of hydrogen-bond donors (Lipinski definition) is 2. The van der Waals surface area contributed by atoms with Crippen LogP contribution < -0.4 is 5.32 Å². The number of aromatic nitrogens is 2. The van der Waals surface area contributed by atoms with Gasteiger partial charge in [0.1, 0.15) is 0 Å². The molecule has 5 nitrogen and oxygen atoms in total. The SMILES string of the molecule is C[C@@H]1CCCN(CC(=O)NCc2ccc3nc[nH]c3c2)C1. The second kappa shape index (κ2) is 6.26. The van der Waals surface area contributed by atoms with Gasteiger partial charge >= 0.3 is 0 Å². The molecule has 1 saturated heterocycles. The molecule has 3 rings (SSSR count). The van der Waals surface area contributed by atoms with Crippen LogP contribution in [-0.2, 0) is 11.3 Å². The number of aromatic amines is 1. The number of carbonyl (C=O) groups excluding carboxylic acids is 1. The Bertz CT molecular complexity index is 622. The van der Waals surface area contributed by atoms with Gasteiger partial charge in [0, 0.05) is 13.1 Å². The number of rotatable bonds is 4. The van der Waals surface area contributed by atoms with Crippen LogP contribution in [-0.4, -0.2) is 40.4 Å². The Morgan fingerprint density at radius 1 is 1.52 bits per heavy atom. The summed E-state index contributed by atoms with van der Waals surface area (Å²) in [5.41, 5.74) is 3.05. The van der Waals surface area contributed by atoms with Crippen molar-refractivity contribution in [3.05, 3.63) is 30.1 Å². The van der Waals surface area contributed by atoms with Crippen molar-refractivity contribution in [1.29, 1.82) is 0 Å². The molecule has 1 aromatic heterocycles. The number of likely N-dealkylation sites (tertiary alicyclic amines) is 1. The van der Waals surface area contributed by atoms with Crippen molar-refractivity contribution in [1.82, 2.24) is 20.2 Å². The Morgan fingerprint density at radius 2 is 2.43 bits per heavy atom. The molecule has 0 spiro atoms. The highest BCUT2D eigenvalue weighted by molar-refractivity contribution is 5.78. The van der Waals surface area contributed by atoms with E-state index >= 15 is 0 Å². The maximum absolute atomic E-state index is 12.0. The minimum absolute atomic E-state index is 0.105. The van der Waals surface area contributed by atoms with Gasteiger partial charge in [-0.05, 0) is 43.0 Å². The summed E-state index contributed by atoms with van der Waals surface area (Å²) < 4.78 is 0. The number of hydrogen-bond acceptors (Lipinski definition) is 3. The molecule has 5 heteroatoms. The molecular weight excluding hydrogens is 264 g/mol. The van der Waals surface area contributed by atoms with Crippen LogP contribution in [0.15, 0.2) is 24.5 Å². The molecule has 21 heavy (non-hydrogen) atoms. The fourth-order valence-corrected chi connectivity index (χ4v) is 2.98. The van der Waals surface area contributed by atoms with Gasteiger partial charge in [0.05, 0.1) is 23.9 Å². The Labute approximate surface area is 124 Å². The van der Waals surface area contributed by atoms with Gasteiger partial charge in [0.2, 0.25) is 5.91 Å². The molecule has 2 heterocycles. The van der Waals surface area contributed by atoms with Crippen molar-refractivity contribution in [3.63, 3.8) is 0 Å². The summed E-state index contributed by atoms with van der Waals surface area (Å²) in [4.78, 5) is 21.6. The summed E-state index contributed by atoms with van der Waals surface area (Å²) in [6.07, 6.45) is 4.16. The molecule has 2 aromatic rings. The van der Waals surface area contributed by atoms with Crippen LogP contribution in [0.3, 0.4) is 0 Å². The first-order valence-electron chi connectivity index (χ1n) is 7.62. The summed E-state index contributed by atoms with van der Waals surface area (Å²) in [5, 5.41) is 3.00. The molecule has 1 aromatic carbocycles. The van der Waals surface area contributed by atoms with Crippen LogP contribution in [0.4, 0.5) is 0 Å². The number of nitrogens with one attached hydrogen (secondary N) is 2. The molecule has 112 valence electrons. The minimum Gasteiger partial charge on any atom is -0.351 e. The van der Waals surface area contributed by atoms with Crippen molar-refractivity contribution in [2.75, 3.05) is 19.6 Å². The first-order chi connectivity index (χ1) is 10.2. The van der Waals surface area contributed by atoms with Crippen LogP contribution in [0.25, 0.3) is 11.0 Å². The smallest absolute Gasteiger partial charge is 0.234 e. The van der Waals surface area contributed by atoms with Gasteiger partial charge in [0.25, 0.3) is 0 Å². The quantitative estimate of drug-likeness (QED) is 0.902. The fraction of sp³-hybridized carbons (Fsp3) is 0.500. The molecule has 1 amide bonds. The van der Waals surface area contributed by atoms with Gasteiger partial charge in [-0.3, -0.25) is 9.69 Å². The van der Waals surface area contributed by atoms with E-state index in [1.54, 1.807) is 6.33 Å². The number of amides is 1. The zero-order valence-corrected chi connectivity index (χ0v) is 12.4. The number of fused-ring (bicyclic) bond motifs is 1. The van der Waals surface area contributed by atoms with Crippen LogP contribution in [0.2, 0.25) is 0 Å². The topological polar surface area (TPSA) is 61.0 Å². The van der Waals surface area contributed by atoms with Gasteiger partial charge in [-0.25, -0.2) is 4.98 Å². The third kappa shape index (κ3) is 3.61. The highest BCUT2D eigenvalue weighted by Gasteiger charge is 2.18. The summed E-state index contributed by atoms with van der Waals surface area (Å²) in [6, 6.07) is 6.01. The minimum atomic E-state index is 0.105. The number of H-pyrrole nitrogens is 1. The van der Waals surface area contributed by atoms with Crippen molar-refractivity contribution in [3.8, 4) is 0 Å². The fourth-order valence-electron chi connectivity index (χ4n) is 2.98. The highest BCUT2D eigenvalue weighted by Crippen LogP contribution is 2.15. The zero-order valence-electron chi connectivity index (χ0n) is 12.4. The Hall–Kier alpha value is -1.88. The Balaban J connectivity index is 1.50. The van der Waals surface area contributed by atoms with Crippen molar-refractivity contribution >= 4 is 16.9 Å². The largest absolute Gasteiger partial charge is 0.351 e. The van der Waals surface area contributed by atoms with Gasteiger partial charge in [-0.15, -0.1) is 0 Å². The van der Waals surface area contributed by atoms with E-state index in [-0.39, 0.29) is 5.91 Å². The predicted molar refractivity (Wildman–Crippen MR) is 82.8 cm³/mol. The maximum Gasteiger partial charge on any atom is 0.234 e. The monoisotopic (exact) mass is 286 g/mol. The van der Waals surface area contributed by atoms with E-state index in [2.05, 4.69) is 27.1 Å². The van der Waals surface area contributed by atoms with E-state index in [1.807, 2.05) is 18.2 Å². The lowest BCUT2D eigenvalue weighted by atomic mass is 10.0. The number of carbonyl (C=O) groups is 1. The first-order valence-corrected chi connectivity index (χ1v) is 7.62. The lowest BCUT2D eigenvalue weighted by molar-refractivity contribution is -0.122. The average molecular weight is 286 g/mol. The zero-order chi connectivity index (χ0) is 14.7. The summed E-state index contributed by atoms with van der Waals surface area (Å²) in [6.45, 7) is 5.41. The van der Waals surface area contributed by atoms with Gasteiger partial charge < -0.3 is 10.3 Å². The third-order valence-corrected chi connectivity index (χ3v) is 4.08. The normalized spacial score (nSPS) is 19.8. The number of benzene rings is 1. The van der Waals surface area contributed by atoms with E-state index in [0.717, 1.165) is 29.7 Å². The third-order valence-electron chi connectivity index (χ3n) is 4.08. The van der Waals surface area contributed by atoms with Crippen LogP contribution in [0, 0.1) is 5.92 Å². The van der Waals surface area contributed by atoms with Gasteiger partial charge in [-0.2, -0.15) is 0 Å². The molecule has 1 aliphatic rings. The summed E-state index contributed by atoms with van der Waals surface area (Å²) in [5.74, 6) is 0.808. The number of imidazole rings is 1. The van der Waals surface area contributed by atoms with Crippen molar-refractivity contribution in [2.45, 2.75) is 26.3 Å². The molecule has 0 aliphatic carbocycles. The van der Waals surface area contributed by atoms with Crippen LogP contribution in [0.1, 0.15) is 25.3 Å². The molecule has 0 saturated carbocycles. The van der Waals surface area contributed by atoms with E-state index < -0.39 is 0 Å². The van der Waals surface area contributed by atoms with E-state index in [0.29, 0.717) is 19.0 Å². The summed E-state index contributed by atoms with van der Waals surface area (Å²) in [7, 11) is 0. The molecule has 0 bridgehead atoms. The second-order valence-corrected chi connectivity index (χ2v) is 6.01. The average Bonchev–Trinajstić information content (AvgIpc) is 2.92. The highest BCUT2D eigenvalue weighted by atomic mass is 16.2. The Kier molecular flexibility index (Phi) is 4.20. The second-order valence-electron chi connectivity index (χ2n) is 6.01. The lowest BCUT2D eigenvalue weighted by Gasteiger charge is -2.30. The van der Waals surface area contributed by atoms with Crippen LogP contribution >= 0.6 is 0 Å². The Morgan fingerprint density at radius 3 is 3.29 bits per heavy atom. The molecule has 0 radical (unpaired) electrons. The van der Waals surface area contributed by atoms with E-state index in [9.17, 15) is 4.79 Å². The van der Waals surface area contributed by atoms with Crippen molar-refractivity contribution < 1.29 is 4.79 Å². The van der Waals surface area contributed by atoms with Gasteiger partial charge in [0.15, 0.2) is 0 Å². The number of piperidine rings is 1. The molecular formula is C16H22N4O. The van der Waals surface area contributed by atoms with Crippen LogP contribution in [0.5, 0.6) is 0 Å². The molecule has 2 N–H and O–H groups in total. The first kappa shape index (κ1) is 14.1. The van der Waals surface area contributed by atoms with E-state index in [4.69, 9.17) is 0 Å². The molecule has 0 unspecified atom stereocenters. The molecule has 1 atom stereocenters. The van der Waals surface area contributed by atoms with Crippen molar-refractivity contribution in [2.24, 2.45) is 5.92 Å². The predicted octanol–water partition coefficient (Wildman–Crippen LogP) is 1.91. The molecule has 1 aliphatic heterocycles. The molecule has 1 fully saturated rings. The maximum atomic E-state index is 12.0. The van der Waals surface area contributed by atoms with E-state index in [1.165, 1.54) is 12.8 Å². The van der Waals surface area contributed by atoms with Gasteiger partial charge in [-0.1, -0.05) is 13.0 Å². The number of nitrogens with zero attached hydrogens (tertiary/aromatic N) is 2. The standard InChI is InChI=1S/C16H22N4O/c1-12-3-2-6-20(9-12)10-16(21)17-8-13-4-5-14-15(7-13)19-11-18-14/h4-5,7,11-12H,2-3,6,8-10H2,1H3,(H,17,21)(H,18,19)/t12-/m1/s1. The lowest BCUT2D eigenvalue weighted by Crippen LogP contribution is -2.41. The summed E-state index contributed by atoms with van der Waals surface area (Å²) >= 11 is 0.